The summed E-state index contributed by atoms with van der Waals surface area (Å²) in [7, 11) is 0. The van der Waals surface area contributed by atoms with Gasteiger partial charge in [0.2, 0.25) is 0 Å². The fourth-order valence-electron chi connectivity index (χ4n) is 2.71. The number of aliphatic hydroxyl groups is 1. The molecule has 3 N–H and O–H groups in total. The van der Waals surface area contributed by atoms with Crippen LogP contribution in [0.2, 0.25) is 5.02 Å². The molecule has 1 aliphatic rings. The van der Waals surface area contributed by atoms with Crippen LogP contribution in [0.15, 0.2) is 23.0 Å². The predicted octanol–water partition coefficient (Wildman–Crippen LogP) is 1.83. The molecule has 1 saturated carbocycles. The molecule has 1 aromatic carbocycles. The first-order chi connectivity index (χ1) is 9.88. The molecule has 5 nitrogen and oxygen atoms in total. The van der Waals surface area contributed by atoms with Gasteiger partial charge < -0.3 is 15.4 Å². The Bertz CT molecular complexity index is 741. The first kappa shape index (κ1) is 14.5. The van der Waals surface area contributed by atoms with Crippen molar-refractivity contribution in [1.29, 1.82) is 0 Å². The summed E-state index contributed by atoms with van der Waals surface area (Å²) in [5, 5.41) is 14.2. The van der Waals surface area contributed by atoms with Crippen molar-refractivity contribution >= 4 is 22.5 Å². The molecular formula is C15H18ClN3O2. The summed E-state index contributed by atoms with van der Waals surface area (Å²) in [5.41, 5.74) is 0.276. The summed E-state index contributed by atoms with van der Waals surface area (Å²) in [6.45, 7) is 4.50. The number of nitrogens with zero attached hydrogens (tertiary/aromatic N) is 1. The highest BCUT2D eigenvalue weighted by atomic mass is 35.5. The average molecular weight is 308 g/mol. The molecule has 0 radical (unpaired) electrons. The summed E-state index contributed by atoms with van der Waals surface area (Å²) in [6, 6.07) is 5.25. The second kappa shape index (κ2) is 5.09. The molecule has 21 heavy (non-hydrogen) atoms. The van der Waals surface area contributed by atoms with Crippen LogP contribution in [0.4, 0.5) is 0 Å². The minimum absolute atomic E-state index is 0.152. The Kier molecular flexibility index (Phi) is 3.51. The van der Waals surface area contributed by atoms with Crippen molar-refractivity contribution < 1.29 is 5.11 Å². The molecule has 3 rings (SSSR count). The van der Waals surface area contributed by atoms with Gasteiger partial charge in [0, 0.05) is 16.5 Å². The number of nitrogens with one attached hydrogen (secondary N) is 2. The second-order valence-corrected chi connectivity index (χ2v) is 6.62. The van der Waals surface area contributed by atoms with E-state index in [2.05, 4.69) is 15.3 Å². The first-order valence-electron chi connectivity index (χ1n) is 6.98. The average Bonchev–Trinajstić information content (AvgIpc) is 2.42. The Morgan fingerprint density at radius 2 is 2.29 bits per heavy atom. The standard InChI is InChI=1S/C15H18ClN3O2/c1-15(2)11(6-12(15)20)17-7-13-18-10-5-8(16)3-4-9(10)14(21)19-13/h3-5,11-12,17,20H,6-7H2,1-2H3,(H,18,19,21). The van der Waals surface area contributed by atoms with Crippen molar-refractivity contribution in [3.05, 3.63) is 39.4 Å². The molecule has 112 valence electrons. The first-order valence-corrected chi connectivity index (χ1v) is 7.35. The van der Waals surface area contributed by atoms with E-state index in [9.17, 15) is 9.90 Å². The third-order valence-electron chi connectivity index (χ3n) is 4.45. The van der Waals surface area contributed by atoms with E-state index >= 15 is 0 Å². The van der Waals surface area contributed by atoms with Gasteiger partial charge in [-0.2, -0.15) is 0 Å². The van der Waals surface area contributed by atoms with E-state index in [1.165, 1.54) is 0 Å². The van der Waals surface area contributed by atoms with E-state index in [1.54, 1.807) is 18.2 Å². The van der Waals surface area contributed by atoms with Crippen molar-refractivity contribution in [3.63, 3.8) is 0 Å². The van der Waals surface area contributed by atoms with Crippen LogP contribution in [0.25, 0.3) is 10.9 Å². The van der Waals surface area contributed by atoms with Gasteiger partial charge in [0.15, 0.2) is 0 Å². The van der Waals surface area contributed by atoms with Crippen LogP contribution in [0.1, 0.15) is 26.1 Å². The minimum Gasteiger partial charge on any atom is -0.392 e. The third-order valence-corrected chi connectivity index (χ3v) is 4.68. The lowest BCUT2D eigenvalue weighted by atomic mass is 9.64. The Morgan fingerprint density at radius 1 is 1.52 bits per heavy atom. The van der Waals surface area contributed by atoms with Gasteiger partial charge in [-0.1, -0.05) is 25.4 Å². The van der Waals surface area contributed by atoms with Crippen LogP contribution in [0.5, 0.6) is 0 Å². The number of benzene rings is 1. The van der Waals surface area contributed by atoms with Crippen LogP contribution >= 0.6 is 11.6 Å². The number of aromatic amines is 1. The monoisotopic (exact) mass is 307 g/mol. The smallest absolute Gasteiger partial charge is 0.258 e. The van der Waals surface area contributed by atoms with Gasteiger partial charge in [-0.05, 0) is 24.6 Å². The van der Waals surface area contributed by atoms with Gasteiger partial charge in [-0.15, -0.1) is 0 Å². The minimum atomic E-state index is -0.280. The summed E-state index contributed by atoms with van der Waals surface area (Å²) >= 11 is 5.94. The topological polar surface area (TPSA) is 78.0 Å². The van der Waals surface area contributed by atoms with E-state index in [1.807, 2.05) is 13.8 Å². The molecule has 0 aliphatic heterocycles. The molecule has 1 aliphatic carbocycles. The van der Waals surface area contributed by atoms with Crippen LogP contribution in [0, 0.1) is 5.41 Å². The number of hydrogen-bond acceptors (Lipinski definition) is 4. The van der Waals surface area contributed by atoms with E-state index in [-0.39, 0.29) is 23.1 Å². The Balaban J connectivity index is 1.80. The van der Waals surface area contributed by atoms with E-state index in [0.717, 1.165) is 6.42 Å². The van der Waals surface area contributed by atoms with Crippen LogP contribution < -0.4 is 10.9 Å². The van der Waals surface area contributed by atoms with Crippen molar-refractivity contribution in [1.82, 2.24) is 15.3 Å². The van der Waals surface area contributed by atoms with Crippen LogP contribution in [-0.2, 0) is 6.54 Å². The number of fused-ring (bicyclic) bond motifs is 1. The molecule has 0 amide bonds. The van der Waals surface area contributed by atoms with Gasteiger partial charge in [0.05, 0.1) is 23.6 Å². The van der Waals surface area contributed by atoms with Gasteiger partial charge in [-0.3, -0.25) is 4.79 Å². The second-order valence-electron chi connectivity index (χ2n) is 6.18. The maximum Gasteiger partial charge on any atom is 0.258 e. The molecule has 0 spiro atoms. The van der Waals surface area contributed by atoms with Crippen molar-refractivity contribution in [2.45, 2.75) is 39.0 Å². The molecule has 0 bridgehead atoms. The maximum absolute atomic E-state index is 12.0. The van der Waals surface area contributed by atoms with E-state index in [0.29, 0.717) is 28.3 Å². The summed E-state index contributed by atoms with van der Waals surface area (Å²) in [5.74, 6) is 0.576. The number of rotatable bonds is 3. The molecule has 0 saturated heterocycles. The molecule has 6 heteroatoms. The predicted molar refractivity (Wildman–Crippen MR) is 82.4 cm³/mol. The fraction of sp³-hybridized carbons (Fsp3) is 0.467. The zero-order chi connectivity index (χ0) is 15.2. The van der Waals surface area contributed by atoms with Gasteiger partial charge in [0.1, 0.15) is 5.82 Å². The lowest BCUT2D eigenvalue weighted by Gasteiger charge is -2.49. The molecule has 1 fully saturated rings. The maximum atomic E-state index is 12.0. The number of halogens is 1. The Morgan fingerprint density at radius 3 is 2.95 bits per heavy atom. The lowest BCUT2D eigenvalue weighted by molar-refractivity contribution is -0.0731. The number of H-pyrrole nitrogens is 1. The highest BCUT2D eigenvalue weighted by Gasteiger charge is 2.46. The summed E-state index contributed by atoms with van der Waals surface area (Å²) in [6.07, 6.45) is 0.439. The Hall–Kier alpha value is -1.43. The molecule has 2 aromatic rings. The SMILES string of the molecule is CC1(C)C(O)CC1NCc1nc2cc(Cl)ccc2c(=O)[nH]1. The summed E-state index contributed by atoms with van der Waals surface area (Å²) < 4.78 is 0. The molecule has 2 unspecified atom stereocenters. The Labute approximate surface area is 127 Å². The zero-order valence-electron chi connectivity index (χ0n) is 12.0. The zero-order valence-corrected chi connectivity index (χ0v) is 12.7. The fourth-order valence-corrected chi connectivity index (χ4v) is 2.88. The van der Waals surface area contributed by atoms with Crippen LogP contribution in [-0.4, -0.2) is 27.2 Å². The van der Waals surface area contributed by atoms with Crippen molar-refractivity contribution in [2.24, 2.45) is 5.41 Å². The number of aliphatic hydroxyl groups excluding tert-OH is 1. The largest absolute Gasteiger partial charge is 0.392 e. The number of aromatic nitrogens is 2. The van der Waals surface area contributed by atoms with Crippen LogP contribution in [0.3, 0.4) is 0 Å². The van der Waals surface area contributed by atoms with Crippen molar-refractivity contribution in [3.8, 4) is 0 Å². The lowest BCUT2D eigenvalue weighted by Crippen LogP contribution is -2.59. The highest BCUT2D eigenvalue weighted by molar-refractivity contribution is 6.31. The van der Waals surface area contributed by atoms with Gasteiger partial charge in [0.25, 0.3) is 5.56 Å². The van der Waals surface area contributed by atoms with E-state index in [4.69, 9.17) is 11.6 Å². The highest BCUT2D eigenvalue weighted by Crippen LogP contribution is 2.40. The normalized spacial score (nSPS) is 24.0. The molecule has 1 aromatic heterocycles. The third kappa shape index (κ3) is 2.57. The molecular weight excluding hydrogens is 290 g/mol. The van der Waals surface area contributed by atoms with Crippen molar-refractivity contribution in [2.75, 3.05) is 0 Å². The quantitative estimate of drug-likeness (QED) is 0.808. The van der Waals surface area contributed by atoms with Gasteiger partial charge in [-0.25, -0.2) is 4.98 Å². The molecule has 1 heterocycles. The summed E-state index contributed by atoms with van der Waals surface area (Å²) in [4.78, 5) is 19.2. The van der Waals surface area contributed by atoms with Gasteiger partial charge >= 0.3 is 0 Å². The number of hydrogen-bond donors (Lipinski definition) is 3. The van der Waals surface area contributed by atoms with E-state index < -0.39 is 0 Å². The molecule has 2 atom stereocenters.